The van der Waals surface area contributed by atoms with Crippen molar-refractivity contribution in [2.45, 2.75) is 13.3 Å². The first-order valence-electron chi connectivity index (χ1n) is 5.04. The predicted octanol–water partition coefficient (Wildman–Crippen LogP) is 0.642. The summed E-state index contributed by atoms with van der Waals surface area (Å²) in [5, 5.41) is 2.20. The number of hydrogen-bond donors (Lipinski definition) is 1. The zero-order chi connectivity index (χ0) is 12.8. The molecule has 0 fully saturated rings. The third-order valence-electron chi connectivity index (χ3n) is 2.08. The molecule has 0 aliphatic heterocycles. The van der Waals surface area contributed by atoms with Crippen LogP contribution in [0.25, 0.3) is 0 Å². The first-order valence-corrected chi connectivity index (χ1v) is 5.04. The topological polar surface area (TPSA) is 63.2 Å². The van der Waals surface area contributed by atoms with Crippen molar-refractivity contribution < 1.29 is 18.8 Å². The highest BCUT2D eigenvalue weighted by Crippen LogP contribution is 2.03. The number of carbonyl (C=O) groups excluding carboxylic acids is 3. The highest BCUT2D eigenvalue weighted by Gasteiger charge is 2.09. The van der Waals surface area contributed by atoms with E-state index in [1.54, 1.807) is 0 Å². The van der Waals surface area contributed by atoms with E-state index in [9.17, 15) is 18.8 Å². The SMILES string of the molecule is CC(=O)C(=O)NCC(=O)Cc1ccc(F)cc1. The Morgan fingerprint density at radius 1 is 1.18 bits per heavy atom. The molecule has 0 radical (unpaired) electrons. The number of benzene rings is 1. The van der Waals surface area contributed by atoms with Crippen LogP contribution in [0.5, 0.6) is 0 Å². The molecule has 1 aromatic rings. The molecule has 0 saturated carbocycles. The number of rotatable bonds is 5. The lowest BCUT2D eigenvalue weighted by atomic mass is 10.1. The molecule has 0 bridgehead atoms. The van der Waals surface area contributed by atoms with Crippen LogP contribution >= 0.6 is 0 Å². The predicted molar refractivity (Wildman–Crippen MR) is 58.8 cm³/mol. The normalized spacial score (nSPS) is 9.76. The van der Waals surface area contributed by atoms with Crippen LogP contribution in [-0.4, -0.2) is 24.0 Å². The fourth-order valence-corrected chi connectivity index (χ4v) is 1.20. The zero-order valence-corrected chi connectivity index (χ0v) is 9.33. The number of amides is 1. The average molecular weight is 237 g/mol. The quantitative estimate of drug-likeness (QED) is 0.764. The Kier molecular flexibility index (Phi) is 4.51. The number of halogens is 1. The lowest BCUT2D eigenvalue weighted by Gasteiger charge is -2.02. The van der Waals surface area contributed by atoms with Crippen molar-refractivity contribution in [3.63, 3.8) is 0 Å². The molecule has 0 aromatic heterocycles. The Hall–Kier alpha value is -2.04. The molecule has 4 nitrogen and oxygen atoms in total. The van der Waals surface area contributed by atoms with E-state index in [0.29, 0.717) is 5.56 Å². The van der Waals surface area contributed by atoms with Crippen LogP contribution in [0.4, 0.5) is 4.39 Å². The van der Waals surface area contributed by atoms with Gasteiger partial charge in [-0.05, 0) is 17.7 Å². The minimum absolute atomic E-state index is 0.0957. The molecule has 5 heteroatoms. The standard InChI is InChI=1S/C12H12FNO3/c1-8(15)12(17)14-7-11(16)6-9-2-4-10(13)5-3-9/h2-5H,6-7H2,1H3,(H,14,17). The van der Waals surface area contributed by atoms with Crippen molar-refractivity contribution >= 4 is 17.5 Å². The fraction of sp³-hybridized carbons (Fsp3) is 0.250. The van der Waals surface area contributed by atoms with Crippen LogP contribution in [0.3, 0.4) is 0 Å². The molecule has 17 heavy (non-hydrogen) atoms. The summed E-state index contributed by atoms with van der Waals surface area (Å²) in [7, 11) is 0. The van der Waals surface area contributed by atoms with Crippen LogP contribution in [0.1, 0.15) is 12.5 Å². The van der Waals surface area contributed by atoms with Gasteiger partial charge in [-0.25, -0.2) is 4.39 Å². The van der Waals surface area contributed by atoms with E-state index in [-0.39, 0.29) is 24.6 Å². The van der Waals surface area contributed by atoms with Gasteiger partial charge in [0.05, 0.1) is 6.54 Å². The number of carbonyl (C=O) groups is 3. The van der Waals surface area contributed by atoms with Crippen molar-refractivity contribution in [3.05, 3.63) is 35.6 Å². The lowest BCUT2D eigenvalue weighted by molar-refractivity contribution is -0.137. The van der Waals surface area contributed by atoms with E-state index in [4.69, 9.17) is 0 Å². The van der Waals surface area contributed by atoms with Crippen LogP contribution in [0, 0.1) is 5.82 Å². The Balaban J connectivity index is 2.42. The fourth-order valence-electron chi connectivity index (χ4n) is 1.20. The summed E-state index contributed by atoms with van der Waals surface area (Å²) in [6.45, 7) is 0.926. The minimum Gasteiger partial charge on any atom is -0.342 e. The monoisotopic (exact) mass is 237 g/mol. The first kappa shape index (κ1) is 13.0. The average Bonchev–Trinajstić information content (AvgIpc) is 2.29. The van der Waals surface area contributed by atoms with E-state index >= 15 is 0 Å². The first-order chi connectivity index (χ1) is 7.99. The minimum atomic E-state index is -0.780. The van der Waals surface area contributed by atoms with E-state index in [1.807, 2.05) is 0 Å². The second kappa shape index (κ2) is 5.89. The molecule has 0 aliphatic carbocycles. The van der Waals surface area contributed by atoms with Gasteiger partial charge in [0.15, 0.2) is 5.78 Å². The number of nitrogens with one attached hydrogen (secondary N) is 1. The molecule has 0 heterocycles. The second-order valence-electron chi connectivity index (χ2n) is 3.58. The van der Waals surface area contributed by atoms with Gasteiger partial charge >= 0.3 is 0 Å². The van der Waals surface area contributed by atoms with Gasteiger partial charge in [-0.2, -0.15) is 0 Å². The van der Waals surface area contributed by atoms with Crippen LogP contribution in [0.15, 0.2) is 24.3 Å². The van der Waals surface area contributed by atoms with Crippen molar-refractivity contribution in [1.82, 2.24) is 5.32 Å². The van der Waals surface area contributed by atoms with Gasteiger partial charge < -0.3 is 5.32 Å². The molecule has 90 valence electrons. The van der Waals surface area contributed by atoms with Gasteiger partial charge in [-0.3, -0.25) is 14.4 Å². The van der Waals surface area contributed by atoms with Gasteiger partial charge in [0, 0.05) is 13.3 Å². The maximum atomic E-state index is 12.6. The number of hydrogen-bond acceptors (Lipinski definition) is 3. The summed E-state index contributed by atoms with van der Waals surface area (Å²) in [6.07, 6.45) is 0.0957. The Morgan fingerprint density at radius 2 is 1.76 bits per heavy atom. The number of Topliss-reactive ketones (excluding diaryl/α,β-unsaturated/α-hetero) is 2. The molecule has 0 saturated heterocycles. The van der Waals surface area contributed by atoms with Crippen molar-refractivity contribution in [2.24, 2.45) is 0 Å². The molecule has 1 rings (SSSR count). The largest absolute Gasteiger partial charge is 0.342 e. The van der Waals surface area contributed by atoms with Gasteiger partial charge in [0.1, 0.15) is 5.82 Å². The summed E-state index contributed by atoms with van der Waals surface area (Å²) >= 11 is 0. The summed E-state index contributed by atoms with van der Waals surface area (Å²) < 4.78 is 12.6. The summed E-state index contributed by atoms with van der Waals surface area (Å²) in [5.74, 6) is -2.03. The van der Waals surface area contributed by atoms with Crippen LogP contribution in [-0.2, 0) is 20.8 Å². The highest BCUT2D eigenvalue weighted by molar-refractivity contribution is 6.35. The molecule has 1 amide bonds. The smallest absolute Gasteiger partial charge is 0.287 e. The Bertz CT molecular complexity index is 440. The molecular formula is C12H12FNO3. The molecular weight excluding hydrogens is 225 g/mol. The van der Waals surface area contributed by atoms with Crippen molar-refractivity contribution in [3.8, 4) is 0 Å². The summed E-state index contributed by atoms with van der Waals surface area (Å²) in [5.41, 5.74) is 0.661. The maximum Gasteiger partial charge on any atom is 0.287 e. The third kappa shape index (κ3) is 4.55. The van der Waals surface area contributed by atoms with Crippen molar-refractivity contribution in [1.29, 1.82) is 0 Å². The van der Waals surface area contributed by atoms with Gasteiger partial charge in [0.2, 0.25) is 5.78 Å². The summed E-state index contributed by atoms with van der Waals surface area (Å²) in [4.78, 5) is 32.9. The molecule has 0 aliphatic rings. The number of ketones is 2. The molecule has 1 N–H and O–H groups in total. The summed E-state index contributed by atoms with van der Waals surface area (Å²) in [6, 6.07) is 5.52. The Labute approximate surface area is 97.8 Å². The van der Waals surface area contributed by atoms with E-state index in [2.05, 4.69) is 5.32 Å². The van der Waals surface area contributed by atoms with Crippen molar-refractivity contribution in [2.75, 3.05) is 6.54 Å². The molecule has 0 spiro atoms. The maximum absolute atomic E-state index is 12.6. The van der Waals surface area contributed by atoms with E-state index in [0.717, 1.165) is 6.92 Å². The van der Waals surface area contributed by atoms with E-state index in [1.165, 1.54) is 24.3 Å². The zero-order valence-electron chi connectivity index (χ0n) is 9.33. The van der Waals surface area contributed by atoms with E-state index < -0.39 is 11.7 Å². The second-order valence-corrected chi connectivity index (χ2v) is 3.58. The highest BCUT2D eigenvalue weighted by atomic mass is 19.1. The van der Waals surface area contributed by atoms with Gasteiger partial charge in [0.25, 0.3) is 5.91 Å². The Morgan fingerprint density at radius 3 is 2.29 bits per heavy atom. The molecule has 0 atom stereocenters. The van der Waals surface area contributed by atoms with Gasteiger partial charge in [-0.1, -0.05) is 12.1 Å². The third-order valence-corrected chi connectivity index (χ3v) is 2.08. The van der Waals surface area contributed by atoms with Crippen LogP contribution < -0.4 is 5.32 Å². The van der Waals surface area contributed by atoms with Crippen LogP contribution in [0.2, 0.25) is 0 Å². The lowest BCUT2D eigenvalue weighted by Crippen LogP contribution is -2.34. The molecule has 0 unspecified atom stereocenters. The molecule has 1 aromatic carbocycles. The van der Waals surface area contributed by atoms with Gasteiger partial charge in [-0.15, -0.1) is 0 Å².